The average molecular weight is 275 g/mol. The van der Waals surface area contributed by atoms with Crippen LogP contribution in [0.2, 0.25) is 5.02 Å². The molecule has 2 nitrogen and oxygen atoms in total. The van der Waals surface area contributed by atoms with Crippen LogP contribution in [0.3, 0.4) is 0 Å². The summed E-state index contributed by atoms with van der Waals surface area (Å²) in [6.07, 6.45) is 2.29. The lowest BCUT2D eigenvalue weighted by Gasteiger charge is -2.07. The van der Waals surface area contributed by atoms with Gasteiger partial charge in [-0.05, 0) is 36.5 Å². The number of benzene rings is 1. The number of rotatable bonds is 2. The molecule has 0 aliphatic heterocycles. The summed E-state index contributed by atoms with van der Waals surface area (Å²) in [5.41, 5.74) is 6.67. The van der Waals surface area contributed by atoms with Crippen LogP contribution in [0.1, 0.15) is 34.7 Å². The minimum Gasteiger partial charge on any atom is -0.366 e. The molecule has 14 heavy (non-hydrogen) atoms. The maximum atomic E-state index is 11.1. The molecule has 1 aliphatic rings. The fourth-order valence-corrected chi connectivity index (χ4v) is 2.31. The highest BCUT2D eigenvalue weighted by molar-refractivity contribution is 9.10. The second kappa shape index (κ2) is 3.55. The fraction of sp³-hybridized carbons (Fsp3) is 0.300. The normalized spacial score (nSPS) is 15.6. The Morgan fingerprint density at radius 2 is 2.14 bits per heavy atom. The van der Waals surface area contributed by atoms with Gasteiger partial charge < -0.3 is 5.73 Å². The fourth-order valence-electron chi connectivity index (χ4n) is 1.48. The molecule has 4 heteroatoms. The van der Waals surface area contributed by atoms with Crippen LogP contribution in [0.5, 0.6) is 0 Å². The zero-order chi connectivity index (χ0) is 10.3. The summed E-state index contributed by atoms with van der Waals surface area (Å²) in [5.74, 6) is 0.0382. The molecule has 0 heterocycles. The highest BCUT2D eigenvalue weighted by atomic mass is 79.9. The van der Waals surface area contributed by atoms with E-state index in [-0.39, 0.29) is 0 Å². The third-order valence-electron chi connectivity index (χ3n) is 2.35. The molecular formula is C10H9BrClNO. The second-order valence-electron chi connectivity index (χ2n) is 3.50. The smallest absolute Gasteiger partial charge is 0.250 e. The van der Waals surface area contributed by atoms with Crippen molar-refractivity contribution in [2.45, 2.75) is 18.8 Å². The molecule has 0 saturated heterocycles. The molecule has 1 aliphatic carbocycles. The van der Waals surface area contributed by atoms with Gasteiger partial charge in [0.15, 0.2) is 0 Å². The van der Waals surface area contributed by atoms with E-state index in [0.717, 1.165) is 22.9 Å². The molecule has 1 saturated carbocycles. The Bertz CT molecular complexity index is 401. The third kappa shape index (κ3) is 1.79. The minimum atomic E-state index is -0.474. The van der Waals surface area contributed by atoms with Gasteiger partial charge in [0, 0.05) is 4.47 Å². The first kappa shape index (κ1) is 9.99. The molecule has 1 aromatic rings. The van der Waals surface area contributed by atoms with E-state index < -0.39 is 5.91 Å². The Kier molecular flexibility index (Phi) is 2.54. The van der Waals surface area contributed by atoms with Crippen LogP contribution in [0.4, 0.5) is 0 Å². The van der Waals surface area contributed by atoms with Crippen LogP contribution in [-0.2, 0) is 0 Å². The molecule has 0 aromatic heterocycles. The molecule has 2 rings (SSSR count). The first-order valence-corrected chi connectivity index (χ1v) is 5.55. The maximum Gasteiger partial charge on any atom is 0.250 e. The highest BCUT2D eigenvalue weighted by Gasteiger charge is 2.27. The van der Waals surface area contributed by atoms with E-state index in [4.69, 9.17) is 17.3 Å². The van der Waals surface area contributed by atoms with E-state index in [1.54, 1.807) is 6.07 Å². The van der Waals surface area contributed by atoms with Gasteiger partial charge in [0.2, 0.25) is 5.91 Å². The van der Waals surface area contributed by atoms with Gasteiger partial charge in [-0.2, -0.15) is 0 Å². The summed E-state index contributed by atoms with van der Waals surface area (Å²) >= 11 is 9.43. The van der Waals surface area contributed by atoms with Gasteiger partial charge in [-0.25, -0.2) is 0 Å². The van der Waals surface area contributed by atoms with Crippen LogP contribution < -0.4 is 5.73 Å². The molecule has 0 unspecified atom stereocenters. The number of amides is 1. The monoisotopic (exact) mass is 273 g/mol. The van der Waals surface area contributed by atoms with E-state index in [1.807, 2.05) is 6.07 Å². The molecule has 2 N–H and O–H groups in total. The van der Waals surface area contributed by atoms with Crippen molar-refractivity contribution in [2.24, 2.45) is 5.73 Å². The molecule has 1 fully saturated rings. The third-order valence-corrected chi connectivity index (χ3v) is 3.23. The van der Waals surface area contributed by atoms with E-state index >= 15 is 0 Å². The van der Waals surface area contributed by atoms with Gasteiger partial charge in [-0.3, -0.25) is 4.79 Å². The van der Waals surface area contributed by atoms with Gasteiger partial charge >= 0.3 is 0 Å². The number of carbonyl (C=O) groups excluding carboxylic acids is 1. The summed E-state index contributed by atoms with van der Waals surface area (Å²) in [7, 11) is 0. The summed E-state index contributed by atoms with van der Waals surface area (Å²) in [6.45, 7) is 0. The quantitative estimate of drug-likeness (QED) is 0.885. The van der Waals surface area contributed by atoms with E-state index in [2.05, 4.69) is 15.9 Å². The first-order chi connectivity index (χ1) is 6.59. The lowest BCUT2D eigenvalue weighted by molar-refractivity contribution is 0.100. The van der Waals surface area contributed by atoms with Crippen molar-refractivity contribution >= 4 is 33.4 Å². The summed E-state index contributed by atoms with van der Waals surface area (Å²) in [6, 6.07) is 3.63. The number of hydrogen-bond donors (Lipinski definition) is 1. The van der Waals surface area contributed by atoms with Crippen LogP contribution in [0.15, 0.2) is 16.6 Å². The van der Waals surface area contributed by atoms with Crippen LogP contribution in [-0.4, -0.2) is 5.91 Å². The van der Waals surface area contributed by atoms with Gasteiger partial charge in [0.1, 0.15) is 0 Å². The Labute approximate surface area is 95.6 Å². The van der Waals surface area contributed by atoms with Gasteiger partial charge in [0.25, 0.3) is 0 Å². The number of hydrogen-bond acceptors (Lipinski definition) is 1. The average Bonchev–Trinajstić information content (AvgIpc) is 2.91. The standard InChI is InChI=1S/C10H9BrClNO/c11-6-3-7(5-1-2-5)9(12)8(4-6)10(13)14/h3-5H,1-2H2,(H2,13,14). The number of nitrogens with two attached hydrogens (primary N) is 1. The van der Waals surface area contributed by atoms with Crippen molar-refractivity contribution in [3.8, 4) is 0 Å². The summed E-state index contributed by atoms with van der Waals surface area (Å²) in [4.78, 5) is 11.1. The van der Waals surface area contributed by atoms with E-state index in [0.29, 0.717) is 16.5 Å². The molecule has 0 spiro atoms. The number of halogens is 2. The highest BCUT2D eigenvalue weighted by Crippen LogP contribution is 2.45. The molecule has 74 valence electrons. The van der Waals surface area contributed by atoms with Gasteiger partial charge in [-0.15, -0.1) is 0 Å². The van der Waals surface area contributed by atoms with Crippen LogP contribution in [0.25, 0.3) is 0 Å². The SMILES string of the molecule is NC(=O)c1cc(Br)cc(C2CC2)c1Cl. The number of primary amides is 1. The van der Waals surface area contributed by atoms with Crippen molar-refractivity contribution in [1.82, 2.24) is 0 Å². The van der Waals surface area contributed by atoms with Crippen molar-refractivity contribution < 1.29 is 4.79 Å². The van der Waals surface area contributed by atoms with Crippen molar-refractivity contribution in [3.05, 3.63) is 32.8 Å². The Balaban J connectivity index is 2.55. The van der Waals surface area contributed by atoms with Crippen molar-refractivity contribution in [1.29, 1.82) is 0 Å². The van der Waals surface area contributed by atoms with Gasteiger partial charge in [0.05, 0.1) is 10.6 Å². The molecule has 1 aromatic carbocycles. The molecule has 0 radical (unpaired) electrons. The Morgan fingerprint density at radius 3 is 2.64 bits per heavy atom. The molecular weight excluding hydrogens is 265 g/mol. The lowest BCUT2D eigenvalue weighted by Crippen LogP contribution is -2.12. The molecule has 1 amide bonds. The molecule has 0 bridgehead atoms. The zero-order valence-electron chi connectivity index (χ0n) is 7.39. The predicted molar refractivity (Wildman–Crippen MR) is 59.6 cm³/mol. The zero-order valence-corrected chi connectivity index (χ0v) is 9.73. The van der Waals surface area contributed by atoms with Gasteiger partial charge in [-0.1, -0.05) is 27.5 Å². The van der Waals surface area contributed by atoms with Crippen molar-refractivity contribution in [3.63, 3.8) is 0 Å². The number of carbonyl (C=O) groups is 1. The molecule has 0 atom stereocenters. The largest absolute Gasteiger partial charge is 0.366 e. The van der Waals surface area contributed by atoms with Crippen molar-refractivity contribution in [2.75, 3.05) is 0 Å². The predicted octanol–water partition coefficient (Wildman–Crippen LogP) is 3.08. The second-order valence-corrected chi connectivity index (χ2v) is 4.79. The maximum absolute atomic E-state index is 11.1. The minimum absolute atomic E-state index is 0.406. The van der Waals surface area contributed by atoms with Crippen LogP contribution in [0, 0.1) is 0 Å². The van der Waals surface area contributed by atoms with Crippen LogP contribution >= 0.6 is 27.5 Å². The Hall–Kier alpha value is -0.540. The summed E-state index contributed by atoms with van der Waals surface area (Å²) in [5, 5.41) is 0.517. The summed E-state index contributed by atoms with van der Waals surface area (Å²) < 4.78 is 0.859. The Morgan fingerprint density at radius 1 is 1.50 bits per heavy atom. The van der Waals surface area contributed by atoms with E-state index in [1.165, 1.54) is 0 Å². The topological polar surface area (TPSA) is 43.1 Å². The van der Waals surface area contributed by atoms with E-state index in [9.17, 15) is 4.79 Å². The lowest BCUT2D eigenvalue weighted by atomic mass is 10.1. The first-order valence-electron chi connectivity index (χ1n) is 4.38.